The van der Waals surface area contributed by atoms with Gasteiger partial charge in [-0.1, -0.05) is 0 Å². The van der Waals surface area contributed by atoms with Crippen LogP contribution in [0.1, 0.15) is 32.7 Å². The third kappa shape index (κ3) is 4.61. The molecule has 0 amide bonds. The van der Waals surface area contributed by atoms with Gasteiger partial charge in [0, 0.05) is 22.9 Å². The number of thiazole rings is 1. The Balaban J connectivity index is 1.85. The summed E-state index contributed by atoms with van der Waals surface area (Å²) in [6.45, 7) is 0. The van der Waals surface area contributed by atoms with Crippen molar-refractivity contribution in [1.82, 2.24) is 19.7 Å². The molecule has 0 saturated heterocycles. The number of hydrogen-bond donors (Lipinski definition) is 5. The Bertz CT molecular complexity index is 1500. The number of ether oxygens (including phenoxy) is 2. The number of nitrogen functional groups attached to an aromatic ring is 1. The van der Waals surface area contributed by atoms with Crippen molar-refractivity contribution >= 4 is 28.8 Å². The number of rotatable bonds is 9. The molecule has 2 heterocycles. The van der Waals surface area contributed by atoms with E-state index in [1.54, 1.807) is 24.3 Å². The van der Waals surface area contributed by atoms with Crippen LogP contribution in [-0.4, -0.2) is 50.9 Å². The summed E-state index contributed by atoms with van der Waals surface area (Å²) in [5.74, 6) is -1.86. The zero-order valence-electron chi connectivity index (χ0n) is 18.9. The van der Waals surface area contributed by atoms with E-state index < -0.39 is 23.5 Å². The number of carbonyl (C=O) groups is 1. The average molecular weight is 514 g/mol. The smallest absolute Gasteiger partial charge is 0.349 e. The number of nitrogens with two attached hydrogens (primary N) is 1. The third-order valence-corrected chi connectivity index (χ3v) is 5.98. The highest BCUT2D eigenvalue weighted by atomic mass is 32.1. The van der Waals surface area contributed by atoms with E-state index in [1.807, 2.05) is 0 Å². The lowest BCUT2D eigenvalue weighted by Gasteiger charge is -2.20. The number of carboxylic acids is 1. The molecule has 186 valence electrons. The average Bonchev–Trinajstić information content (AvgIpc) is 3.49. The van der Waals surface area contributed by atoms with Gasteiger partial charge in [-0.25, -0.2) is 19.0 Å². The lowest BCUT2D eigenvalue weighted by atomic mass is 10.0. The molecule has 0 fully saturated rings. The minimum Gasteiger partial charge on any atom is -0.493 e. The molecule has 1 atom stereocenters. The normalized spacial score (nSPS) is 11.6. The van der Waals surface area contributed by atoms with E-state index in [9.17, 15) is 14.7 Å². The van der Waals surface area contributed by atoms with Crippen molar-refractivity contribution in [3.05, 3.63) is 80.0 Å². The lowest BCUT2D eigenvalue weighted by molar-refractivity contribution is 0.0701. The number of halogens is 1. The number of nitrogens with one attached hydrogen (secondary N) is 3. The van der Waals surface area contributed by atoms with Crippen molar-refractivity contribution in [2.45, 2.75) is 6.04 Å². The molecule has 6 N–H and O–H groups in total. The molecule has 0 bridgehead atoms. The van der Waals surface area contributed by atoms with Crippen LogP contribution in [0.5, 0.6) is 11.5 Å². The first kappa shape index (κ1) is 24.4. The minimum atomic E-state index is -1.27. The Hall–Kier alpha value is -4.72. The highest BCUT2D eigenvalue weighted by Gasteiger charge is 2.27. The van der Waals surface area contributed by atoms with Gasteiger partial charge in [-0.2, -0.15) is 4.68 Å². The van der Waals surface area contributed by atoms with Gasteiger partial charge < -0.3 is 25.6 Å². The second kappa shape index (κ2) is 9.87. The van der Waals surface area contributed by atoms with Gasteiger partial charge in [0.2, 0.25) is 0 Å². The number of methoxy groups -OCH3 is 2. The fraction of sp³-hybridized carbons (Fsp3) is 0.136. The van der Waals surface area contributed by atoms with Gasteiger partial charge in [0.05, 0.1) is 19.7 Å². The van der Waals surface area contributed by atoms with Crippen LogP contribution in [0.4, 0.5) is 10.1 Å². The zero-order chi connectivity index (χ0) is 26.0. The van der Waals surface area contributed by atoms with Crippen molar-refractivity contribution < 1.29 is 23.8 Å². The van der Waals surface area contributed by atoms with Crippen LogP contribution in [0.25, 0.3) is 5.82 Å². The number of benzene rings is 2. The van der Waals surface area contributed by atoms with E-state index in [-0.39, 0.29) is 39.4 Å². The monoisotopic (exact) mass is 513 g/mol. The SMILES string of the molecule is COc1cc(F)c([C@H](Nc2ccc(C(=N)N)cc2)c2nn(-c3ncsc3C(=O)O)c(=O)[nH]2)cc1OC. The Morgan fingerprint density at radius 1 is 1.25 bits per heavy atom. The molecule has 0 aliphatic heterocycles. The number of carboxylic acid groups (broad SMARTS) is 1. The first-order valence-electron chi connectivity index (χ1n) is 10.2. The van der Waals surface area contributed by atoms with Crippen LogP contribution < -0.4 is 26.2 Å². The van der Waals surface area contributed by atoms with Gasteiger partial charge in [0.25, 0.3) is 0 Å². The van der Waals surface area contributed by atoms with Crippen molar-refractivity contribution in [2.75, 3.05) is 19.5 Å². The summed E-state index contributed by atoms with van der Waals surface area (Å²) in [5.41, 5.74) is 7.06. The minimum absolute atomic E-state index is 0.0221. The summed E-state index contributed by atoms with van der Waals surface area (Å²) in [6, 6.07) is 7.93. The highest BCUT2D eigenvalue weighted by Crippen LogP contribution is 2.35. The molecule has 0 radical (unpaired) electrons. The summed E-state index contributed by atoms with van der Waals surface area (Å²) >= 11 is 0.835. The molecule has 36 heavy (non-hydrogen) atoms. The highest BCUT2D eigenvalue weighted by molar-refractivity contribution is 7.12. The second-order valence-electron chi connectivity index (χ2n) is 7.33. The van der Waals surface area contributed by atoms with Crippen LogP contribution in [0.2, 0.25) is 0 Å². The van der Waals surface area contributed by atoms with E-state index in [0.717, 1.165) is 22.1 Å². The fourth-order valence-corrected chi connectivity index (χ4v) is 4.05. The summed E-state index contributed by atoms with van der Waals surface area (Å²) in [5, 5.41) is 24.3. The summed E-state index contributed by atoms with van der Waals surface area (Å²) in [7, 11) is 2.77. The maximum atomic E-state index is 15.3. The Labute approximate surface area is 206 Å². The van der Waals surface area contributed by atoms with Gasteiger partial charge in [-0.05, 0) is 30.3 Å². The Kier molecular flexibility index (Phi) is 6.69. The van der Waals surface area contributed by atoms with Gasteiger partial charge in [0.1, 0.15) is 17.7 Å². The maximum Gasteiger partial charge on any atom is 0.349 e. The van der Waals surface area contributed by atoms with Gasteiger partial charge in [0.15, 0.2) is 28.0 Å². The molecule has 4 aromatic rings. The molecule has 2 aromatic heterocycles. The number of aromatic amines is 1. The number of amidine groups is 1. The molecule has 0 saturated carbocycles. The predicted molar refractivity (Wildman–Crippen MR) is 129 cm³/mol. The standard InChI is InChI=1S/C22H20FN7O5S/c1-34-14-7-12(13(23)8-15(14)35-2)16(27-11-5-3-10(4-6-11)18(24)25)19-28-22(33)30(29-19)20-17(21(31)32)36-9-26-20/h3-9,16,27H,1-2H3,(H3,24,25)(H,31,32)(H,28,29,33)/t16-/m0/s1. The number of hydrogen-bond acceptors (Lipinski definition) is 9. The molecule has 0 aliphatic carbocycles. The first-order valence-corrected chi connectivity index (χ1v) is 11.1. The molecule has 0 aliphatic rings. The molecule has 12 nitrogen and oxygen atoms in total. The molecular weight excluding hydrogens is 493 g/mol. The van der Waals surface area contributed by atoms with Crippen molar-refractivity contribution in [2.24, 2.45) is 5.73 Å². The predicted octanol–water partition coefficient (Wildman–Crippen LogP) is 2.36. The number of H-pyrrole nitrogens is 1. The van der Waals surface area contributed by atoms with Crippen LogP contribution in [0, 0.1) is 11.2 Å². The molecule has 0 unspecified atom stereocenters. The summed E-state index contributed by atoms with van der Waals surface area (Å²) in [4.78, 5) is 30.6. The molecule has 0 spiro atoms. The van der Waals surface area contributed by atoms with E-state index in [0.29, 0.717) is 11.3 Å². The second-order valence-corrected chi connectivity index (χ2v) is 8.19. The number of aromatic carboxylic acids is 1. The van der Waals surface area contributed by atoms with Gasteiger partial charge >= 0.3 is 11.7 Å². The Morgan fingerprint density at radius 2 is 1.92 bits per heavy atom. The fourth-order valence-electron chi connectivity index (χ4n) is 3.45. The zero-order valence-corrected chi connectivity index (χ0v) is 19.7. The van der Waals surface area contributed by atoms with Crippen LogP contribution in [0.15, 0.2) is 46.7 Å². The van der Waals surface area contributed by atoms with Crippen LogP contribution in [0.3, 0.4) is 0 Å². The summed E-state index contributed by atoms with van der Waals surface area (Å²) < 4.78 is 26.6. The number of anilines is 1. The number of nitrogens with zero attached hydrogens (tertiary/aromatic N) is 3. The van der Waals surface area contributed by atoms with E-state index >= 15 is 4.39 Å². The molecule has 4 rings (SSSR count). The molecular formula is C22H20FN7O5S. The third-order valence-electron chi connectivity index (χ3n) is 5.17. The van der Waals surface area contributed by atoms with Gasteiger partial charge in [-0.15, -0.1) is 16.4 Å². The van der Waals surface area contributed by atoms with Crippen molar-refractivity contribution in [3.8, 4) is 17.3 Å². The van der Waals surface area contributed by atoms with Crippen LogP contribution in [-0.2, 0) is 0 Å². The summed E-state index contributed by atoms with van der Waals surface area (Å²) in [6.07, 6.45) is 0. The van der Waals surface area contributed by atoms with Crippen molar-refractivity contribution in [1.29, 1.82) is 5.41 Å². The Morgan fingerprint density at radius 3 is 2.53 bits per heavy atom. The lowest BCUT2D eigenvalue weighted by Crippen LogP contribution is -2.18. The first-order chi connectivity index (χ1) is 17.2. The van der Waals surface area contributed by atoms with E-state index in [4.69, 9.17) is 20.6 Å². The topological polar surface area (TPSA) is 181 Å². The quantitative estimate of drug-likeness (QED) is 0.166. The van der Waals surface area contributed by atoms with E-state index in [1.165, 1.54) is 25.8 Å². The number of aromatic nitrogens is 4. The van der Waals surface area contributed by atoms with Crippen molar-refractivity contribution in [3.63, 3.8) is 0 Å². The van der Waals surface area contributed by atoms with Crippen LogP contribution >= 0.6 is 11.3 Å². The maximum absolute atomic E-state index is 15.3. The molecule has 2 aromatic carbocycles. The van der Waals surface area contributed by atoms with E-state index in [2.05, 4.69) is 20.4 Å². The molecule has 14 heteroatoms. The largest absolute Gasteiger partial charge is 0.493 e. The van der Waals surface area contributed by atoms with Gasteiger partial charge in [-0.3, -0.25) is 10.4 Å².